The van der Waals surface area contributed by atoms with Gasteiger partial charge < -0.3 is 10.6 Å². The van der Waals surface area contributed by atoms with E-state index >= 15 is 0 Å². The van der Waals surface area contributed by atoms with Crippen LogP contribution < -0.4 is 10.6 Å². The van der Waals surface area contributed by atoms with Gasteiger partial charge in [0.2, 0.25) is 11.8 Å². The van der Waals surface area contributed by atoms with Crippen LogP contribution in [0.25, 0.3) is 0 Å². The Morgan fingerprint density at radius 3 is 2.77 bits per heavy atom. The number of aryl methyl sites for hydroxylation is 1. The van der Waals surface area contributed by atoms with E-state index in [-0.39, 0.29) is 12.3 Å². The van der Waals surface area contributed by atoms with Gasteiger partial charge >= 0.3 is 6.18 Å². The van der Waals surface area contributed by atoms with Gasteiger partial charge in [-0.3, -0.25) is 9.59 Å². The van der Waals surface area contributed by atoms with Crippen LogP contribution in [0.1, 0.15) is 18.4 Å². The van der Waals surface area contributed by atoms with Crippen LogP contribution in [-0.4, -0.2) is 29.8 Å². The van der Waals surface area contributed by atoms with Gasteiger partial charge in [0.15, 0.2) is 0 Å². The van der Waals surface area contributed by atoms with E-state index in [1.165, 1.54) is 0 Å². The van der Waals surface area contributed by atoms with E-state index in [0.29, 0.717) is 28.8 Å². The SMILES string of the molecule is Cc1ccc(SCC(F)(F)F)c(NC(=O)[C@H]2CCC(=O)N2)c1. The highest BCUT2D eigenvalue weighted by Gasteiger charge is 2.29. The molecule has 120 valence electrons. The van der Waals surface area contributed by atoms with Gasteiger partial charge in [0, 0.05) is 11.3 Å². The maximum absolute atomic E-state index is 12.3. The molecule has 0 aromatic heterocycles. The number of hydrogen-bond acceptors (Lipinski definition) is 3. The number of hydrogen-bond donors (Lipinski definition) is 2. The predicted octanol–water partition coefficient (Wildman–Crippen LogP) is 2.87. The normalized spacial score (nSPS) is 18.2. The highest BCUT2D eigenvalue weighted by atomic mass is 32.2. The first-order chi connectivity index (χ1) is 10.2. The maximum atomic E-state index is 12.3. The molecule has 0 unspecified atom stereocenters. The number of anilines is 1. The van der Waals surface area contributed by atoms with E-state index in [1.807, 2.05) is 0 Å². The summed E-state index contributed by atoms with van der Waals surface area (Å²) in [6.07, 6.45) is -3.61. The predicted molar refractivity (Wildman–Crippen MR) is 77.8 cm³/mol. The number of carbonyl (C=O) groups is 2. The van der Waals surface area contributed by atoms with Gasteiger partial charge in [-0.15, -0.1) is 11.8 Å². The standard InChI is InChI=1S/C14H15F3N2O2S/c1-8-2-4-11(22-7-14(15,16)17)10(6-8)19-13(21)9-3-5-12(20)18-9/h2,4,6,9H,3,5,7H2,1H3,(H,18,20)(H,19,21)/t9-/m1/s1. The van der Waals surface area contributed by atoms with Crippen molar-refractivity contribution in [3.8, 4) is 0 Å². The summed E-state index contributed by atoms with van der Waals surface area (Å²) in [7, 11) is 0. The van der Waals surface area contributed by atoms with Crippen molar-refractivity contribution >= 4 is 29.3 Å². The molecule has 0 saturated carbocycles. The third-order valence-electron chi connectivity index (χ3n) is 3.10. The molecule has 1 aliphatic rings. The van der Waals surface area contributed by atoms with Crippen molar-refractivity contribution in [3.05, 3.63) is 23.8 Å². The molecule has 1 atom stereocenters. The molecule has 0 aliphatic carbocycles. The number of benzene rings is 1. The maximum Gasteiger partial charge on any atom is 0.398 e. The molecule has 1 aromatic rings. The molecule has 0 bridgehead atoms. The molecular weight excluding hydrogens is 317 g/mol. The molecule has 2 amide bonds. The summed E-state index contributed by atoms with van der Waals surface area (Å²) in [5.41, 5.74) is 1.16. The minimum atomic E-state index is -4.28. The van der Waals surface area contributed by atoms with Gasteiger partial charge in [-0.1, -0.05) is 6.07 Å². The van der Waals surface area contributed by atoms with Crippen molar-refractivity contribution in [2.45, 2.75) is 36.9 Å². The van der Waals surface area contributed by atoms with Crippen LogP contribution in [0.3, 0.4) is 0 Å². The zero-order valence-corrected chi connectivity index (χ0v) is 12.6. The lowest BCUT2D eigenvalue weighted by Gasteiger charge is -2.15. The fraction of sp³-hybridized carbons (Fsp3) is 0.429. The van der Waals surface area contributed by atoms with Gasteiger partial charge in [-0.2, -0.15) is 13.2 Å². The zero-order chi connectivity index (χ0) is 16.3. The van der Waals surface area contributed by atoms with E-state index in [2.05, 4.69) is 10.6 Å². The highest BCUT2D eigenvalue weighted by molar-refractivity contribution is 7.99. The minimum absolute atomic E-state index is 0.198. The summed E-state index contributed by atoms with van der Waals surface area (Å²) in [4.78, 5) is 23.5. The summed E-state index contributed by atoms with van der Waals surface area (Å²) in [5.74, 6) is -1.64. The molecule has 2 N–H and O–H groups in total. The molecule has 1 aliphatic heterocycles. The van der Waals surface area contributed by atoms with Crippen molar-refractivity contribution in [1.29, 1.82) is 0 Å². The van der Waals surface area contributed by atoms with E-state index in [0.717, 1.165) is 5.56 Å². The van der Waals surface area contributed by atoms with Gasteiger partial charge in [0.25, 0.3) is 0 Å². The highest BCUT2D eigenvalue weighted by Crippen LogP contribution is 2.33. The zero-order valence-electron chi connectivity index (χ0n) is 11.8. The Morgan fingerprint density at radius 2 is 2.18 bits per heavy atom. The number of alkyl halides is 3. The van der Waals surface area contributed by atoms with E-state index in [9.17, 15) is 22.8 Å². The first kappa shape index (κ1) is 16.7. The fourth-order valence-electron chi connectivity index (χ4n) is 2.06. The Morgan fingerprint density at radius 1 is 1.45 bits per heavy atom. The summed E-state index contributed by atoms with van der Waals surface area (Å²) >= 11 is 0.621. The van der Waals surface area contributed by atoms with Crippen LogP contribution in [0, 0.1) is 6.92 Å². The molecule has 0 spiro atoms. The van der Waals surface area contributed by atoms with Gasteiger partial charge in [-0.25, -0.2) is 0 Å². The monoisotopic (exact) mass is 332 g/mol. The van der Waals surface area contributed by atoms with E-state index in [1.54, 1.807) is 25.1 Å². The van der Waals surface area contributed by atoms with Crippen molar-refractivity contribution in [3.63, 3.8) is 0 Å². The average molecular weight is 332 g/mol. The second kappa shape index (κ2) is 6.60. The molecule has 8 heteroatoms. The van der Waals surface area contributed by atoms with E-state index in [4.69, 9.17) is 0 Å². The lowest BCUT2D eigenvalue weighted by Crippen LogP contribution is -2.37. The smallest absolute Gasteiger partial charge is 0.344 e. The number of thioether (sulfide) groups is 1. The fourth-order valence-corrected chi connectivity index (χ4v) is 2.81. The quantitative estimate of drug-likeness (QED) is 0.834. The number of carbonyl (C=O) groups excluding carboxylic acids is 2. The second-order valence-corrected chi connectivity index (χ2v) is 6.07. The topological polar surface area (TPSA) is 58.2 Å². The van der Waals surface area contributed by atoms with Crippen molar-refractivity contribution in [2.24, 2.45) is 0 Å². The third-order valence-corrected chi connectivity index (χ3v) is 4.23. The number of halogens is 3. The lowest BCUT2D eigenvalue weighted by molar-refractivity contribution is -0.122. The molecule has 4 nitrogen and oxygen atoms in total. The summed E-state index contributed by atoms with van der Waals surface area (Å²) in [5, 5.41) is 5.13. The molecule has 22 heavy (non-hydrogen) atoms. The molecule has 1 heterocycles. The largest absolute Gasteiger partial charge is 0.398 e. The summed E-state index contributed by atoms with van der Waals surface area (Å²) < 4.78 is 37.0. The van der Waals surface area contributed by atoms with Crippen LogP contribution in [0.2, 0.25) is 0 Å². The van der Waals surface area contributed by atoms with Crippen LogP contribution in [0.4, 0.5) is 18.9 Å². The van der Waals surface area contributed by atoms with Crippen molar-refractivity contribution in [1.82, 2.24) is 5.32 Å². The van der Waals surface area contributed by atoms with E-state index < -0.39 is 23.9 Å². The first-order valence-corrected chi connectivity index (χ1v) is 7.63. The minimum Gasteiger partial charge on any atom is -0.344 e. The van der Waals surface area contributed by atoms with Crippen LogP contribution >= 0.6 is 11.8 Å². The van der Waals surface area contributed by atoms with Gasteiger partial charge in [0.1, 0.15) is 6.04 Å². The van der Waals surface area contributed by atoms with Crippen molar-refractivity contribution in [2.75, 3.05) is 11.1 Å². The summed E-state index contributed by atoms with van der Waals surface area (Å²) in [6.45, 7) is 1.78. The molecule has 1 aromatic carbocycles. The van der Waals surface area contributed by atoms with Crippen LogP contribution in [0.15, 0.2) is 23.1 Å². The Hall–Kier alpha value is -1.70. The Bertz CT molecular complexity index is 590. The Labute approximate surface area is 129 Å². The molecule has 1 fully saturated rings. The van der Waals surface area contributed by atoms with Crippen molar-refractivity contribution < 1.29 is 22.8 Å². The van der Waals surface area contributed by atoms with Gasteiger partial charge in [-0.05, 0) is 31.0 Å². The Balaban J connectivity index is 2.09. The molecule has 0 radical (unpaired) electrons. The second-order valence-electron chi connectivity index (χ2n) is 5.05. The number of amides is 2. The van der Waals surface area contributed by atoms with Gasteiger partial charge in [0.05, 0.1) is 11.4 Å². The first-order valence-electron chi connectivity index (χ1n) is 6.65. The number of rotatable bonds is 4. The summed E-state index contributed by atoms with van der Waals surface area (Å²) in [6, 6.07) is 4.22. The molecular formula is C14H15F3N2O2S. The molecule has 1 saturated heterocycles. The lowest BCUT2D eigenvalue weighted by atomic mass is 10.2. The van der Waals surface area contributed by atoms with Crippen LogP contribution in [0.5, 0.6) is 0 Å². The Kier molecular flexibility index (Phi) is 5.00. The number of nitrogens with one attached hydrogen (secondary N) is 2. The molecule has 2 rings (SSSR count). The van der Waals surface area contributed by atoms with Crippen LogP contribution in [-0.2, 0) is 9.59 Å². The third kappa shape index (κ3) is 4.66. The average Bonchev–Trinajstić information content (AvgIpc) is 2.83.